The van der Waals surface area contributed by atoms with Gasteiger partial charge < -0.3 is 10.1 Å². The molecule has 112 valence electrons. The molecule has 0 saturated carbocycles. The Morgan fingerprint density at radius 1 is 1.30 bits per heavy atom. The minimum atomic E-state index is -4.72. The molecule has 0 saturated heterocycles. The molecule has 4 nitrogen and oxygen atoms in total. The van der Waals surface area contributed by atoms with E-state index in [1.165, 1.54) is 0 Å². The van der Waals surface area contributed by atoms with Crippen LogP contribution in [0.2, 0.25) is 0 Å². The highest BCUT2D eigenvalue weighted by atomic mass is 19.4. The Balaban J connectivity index is 3.07. The number of carbonyl (C=O) groups is 1. The first kappa shape index (κ1) is 16.1. The number of amides is 1. The number of nitrogens with zero attached hydrogens (tertiary/aromatic N) is 1. The maximum absolute atomic E-state index is 12.6. The normalized spacial score (nSPS) is 12.2. The predicted molar refractivity (Wildman–Crippen MR) is 59.7 cm³/mol. The summed E-state index contributed by atoms with van der Waals surface area (Å²) in [5, 5.41) is 2.04. The van der Waals surface area contributed by atoms with E-state index in [2.05, 4.69) is 9.72 Å². The lowest BCUT2D eigenvalue weighted by Crippen LogP contribution is -2.22. The zero-order valence-electron chi connectivity index (χ0n) is 10.5. The zero-order valence-corrected chi connectivity index (χ0v) is 10.5. The topological polar surface area (TPSA) is 51.2 Å². The van der Waals surface area contributed by atoms with Gasteiger partial charge in [-0.1, -0.05) is 0 Å². The summed E-state index contributed by atoms with van der Waals surface area (Å²) in [6.07, 6.45) is -4.72. The first-order valence-corrected chi connectivity index (χ1v) is 5.35. The lowest BCUT2D eigenvalue weighted by atomic mass is 10.2. The summed E-state index contributed by atoms with van der Waals surface area (Å²) in [6.45, 7) is 0.499. The molecule has 0 spiro atoms. The van der Waals surface area contributed by atoms with Crippen LogP contribution in [0.3, 0.4) is 0 Å². The number of ether oxygens (including phenoxy) is 1. The van der Waals surface area contributed by atoms with Crippen molar-refractivity contribution in [3.05, 3.63) is 17.7 Å². The van der Waals surface area contributed by atoms with Gasteiger partial charge in [0.25, 0.3) is 5.92 Å². The van der Waals surface area contributed by atoms with Crippen LogP contribution in [-0.4, -0.2) is 23.4 Å². The molecule has 1 amide bonds. The fourth-order valence-electron chi connectivity index (χ4n) is 1.19. The molecule has 0 bridgehead atoms. The van der Waals surface area contributed by atoms with Crippen molar-refractivity contribution in [2.75, 3.05) is 11.9 Å². The van der Waals surface area contributed by atoms with Gasteiger partial charge in [-0.05, 0) is 6.07 Å². The number of aromatic nitrogens is 1. The zero-order chi connectivity index (χ0) is 15.6. The van der Waals surface area contributed by atoms with Gasteiger partial charge in [-0.3, -0.25) is 4.79 Å². The van der Waals surface area contributed by atoms with E-state index >= 15 is 0 Å². The number of halogens is 5. The first-order valence-electron chi connectivity index (χ1n) is 5.35. The van der Waals surface area contributed by atoms with Crippen molar-refractivity contribution in [3.8, 4) is 5.88 Å². The molecule has 1 rings (SSSR count). The van der Waals surface area contributed by atoms with Crippen LogP contribution in [0.25, 0.3) is 0 Å². The molecule has 0 atom stereocenters. The van der Waals surface area contributed by atoms with Crippen LogP contribution < -0.4 is 10.1 Å². The van der Waals surface area contributed by atoms with Crippen LogP contribution in [0, 0.1) is 0 Å². The molecule has 1 N–H and O–H groups in total. The summed E-state index contributed by atoms with van der Waals surface area (Å²) >= 11 is 0. The third-order valence-electron chi connectivity index (χ3n) is 1.91. The van der Waals surface area contributed by atoms with Gasteiger partial charge >= 0.3 is 6.18 Å². The van der Waals surface area contributed by atoms with E-state index in [4.69, 9.17) is 0 Å². The van der Waals surface area contributed by atoms with E-state index in [9.17, 15) is 26.7 Å². The van der Waals surface area contributed by atoms with Crippen molar-refractivity contribution in [3.63, 3.8) is 0 Å². The summed E-state index contributed by atoms with van der Waals surface area (Å²) < 4.78 is 67.6. The second-order valence-electron chi connectivity index (χ2n) is 4.12. The summed E-state index contributed by atoms with van der Waals surface area (Å²) in [4.78, 5) is 14.3. The predicted octanol–water partition coefficient (Wildman–Crippen LogP) is 3.09. The van der Waals surface area contributed by atoms with E-state index in [-0.39, 0.29) is 0 Å². The van der Waals surface area contributed by atoms with E-state index in [0.29, 0.717) is 19.1 Å². The number of rotatable bonds is 4. The SMILES string of the molecule is CC(=O)Nc1cc(C(F)(F)F)cc(OCC(C)(F)F)n1. The number of anilines is 1. The van der Waals surface area contributed by atoms with Crippen molar-refractivity contribution in [2.24, 2.45) is 0 Å². The Kier molecular flexibility index (Phi) is 4.51. The van der Waals surface area contributed by atoms with Crippen LogP contribution in [0.4, 0.5) is 27.8 Å². The highest BCUT2D eigenvalue weighted by Crippen LogP contribution is 2.32. The van der Waals surface area contributed by atoms with Crippen LogP contribution in [0.5, 0.6) is 5.88 Å². The summed E-state index contributed by atoms with van der Waals surface area (Å²) in [6, 6.07) is 1.06. The molecule has 1 heterocycles. The standard InChI is InChI=1S/C11H11F5N2O2/c1-6(19)17-8-3-7(11(14,15)16)4-9(18-8)20-5-10(2,12)13/h3-4H,5H2,1-2H3,(H,17,18,19). The number of hydrogen-bond donors (Lipinski definition) is 1. The Hall–Kier alpha value is -1.93. The average molecular weight is 298 g/mol. The molecule has 0 aliphatic rings. The molecule has 0 radical (unpaired) electrons. The smallest absolute Gasteiger partial charge is 0.416 e. The van der Waals surface area contributed by atoms with E-state index in [0.717, 1.165) is 6.92 Å². The van der Waals surface area contributed by atoms with Gasteiger partial charge in [0.05, 0.1) is 5.56 Å². The van der Waals surface area contributed by atoms with Crippen LogP contribution in [0.1, 0.15) is 19.4 Å². The van der Waals surface area contributed by atoms with Gasteiger partial charge in [0.1, 0.15) is 5.82 Å². The second-order valence-corrected chi connectivity index (χ2v) is 4.12. The van der Waals surface area contributed by atoms with Crippen molar-refractivity contribution < 1.29 is 31.5 Å². The number of pyridine rings is 1. The first-order chi connectivity index (χ1) is 8.97. The molecule has 0 fully saturated rings. The number of carbonyl (C=O) groups excluding carboxylic acids is 1. The summed E-state index contributed by atoms with van der Waals surface area (Å²) in [5.41, 5.74) is -1.16. The summed E-state index contributed by atoms with van der Waals surface area (Å²) in [7, 11) is 0. The third-order valence-corrected chi connectivity index (χ3v) is 1.91. The fourth-order valence-corrected chi connectivity index (χ4v) is 1.19. The Labute approximate surface area is 110 Å². The highest BCUT2D eigenvalue weighted by molar-refractivity contribution is 5.87. The third kappa shape index (κ3) is 5.37. The number of nitrogens with one attached hydrogen (secondary N) is 1. The molecule has 0 aliphatic heterocycles. The molecular weight excluding hydrogens is 287 g/mol. The van der Waals surface area contributed by atoms with E-state index in [1.54, 1.807) is 0 Å². The minimum absolute atomic E-state index is 0.429. The van der Waals surface area contributed by atoms with Crippen LogP contribution in [0.15, 0.2) is 12.1 Å². The maximum Gasteiger partial charge on any atom is 0.416 e. The average Bonchev–Trinajstić information content (AvgIpc) is 2.23. The molecule has 9 heteroatoms. The monoisotopic (exact) mass is 298 g/mol. The Morgan fingerprint density at radius 2 is 1.90 bits per heavy atom. The molecule has 0 aliphatic carbocycles. The fraction of sp³-hybridized carbons (Fsp3) is 0.455. The van der Waals surface area contributed by atoms with Gasteiger partial charge in [0.2, 0.25) is 11.8 Å². The largest absolute Gasteiger partial charge is 0.471 e. The molecule has 20 heavy (non-hydrogen) atoms. The number of alkyl halides is 5. The molecule has 0 unspecified atom stereocenters. The molecule has 0 aromatic carbocycles. The van der Waals surface area contributed by atoms with Crippen molar-refractivity contribution in [1.82, 2.24) is 4.98 Å². The highest BCUT2D eigenvalue weighted by Gasteiger charge is 2.32. The maximum atomic E-state index is 12.6. The number of hydrogen-bond acceptors (Lipinski definition) is 3. The van der Waals surface area contributed by atoms with Crippen LogP contribution >= 0.6 is 0 Å². The van der Waals surface area contributed by atoms with Gasteiger partial charge in [-0.25, -0.2) is 8.78 Å². The van der Waals surface area contributed by atoms with Crippen molar-refractivity contribution in [2.45, 2.75) is 25.9 Å². The Bertz CT molecular complexity index is 497. The lowest BCUT2D eigenvalue weighted by Gasteiger charge is -2.14. The molecule has 1 aromatic rings. The minimum Gasteiger partial charge on any atom is -0.471 e. The second kappa shape index (κ2) is 5.59. The quantitative estimate of drug-likeness (QED) is 0.869. The van der Waals surface area contributed by atoms with Crippen LogP contribution in [-0.2, 0) is 11.0 Å². The molecule has 1 aromatic heterocycles. The van der Waals surface area contributed by atoms with E-state index in [1.807, 2.05) is 5.32 Å². The van der Waals surface area contributed by atoms with Crippen molar-refractivity contribution >= 4 is 11.7 Å². The lowest BCUT2D eigenvalue weighted by molar-refractivity contribution is -0.137. The van der Waals surface area contributed by atoms with E-state index < -0.39 is 41.9 Å². The van der Waals surface area contributed by atoms with Gasteiger partial charge in [0.15, 0.2) is 6.61 Å². The summed E-state index contributed by atoms with van der Waals surface area (Å²) in [5.74, 6) is -4.94. The van der Waals surface area contributed by atoms with Gasteiger partial charge in [0, 0.05) is 19.9 Å². The van der Waals surface area contributed by atoms with Gasteiger partial charge in [-0.2, -0.15) is 18.2 Å². The van der Waals surface area contributed by atoms with Crippen molar-refractivity contribution in [1.29, 1.82) is 0 Å². The van der Waals surface area contributed by atoms with Gasteiger partial charge in [-0.15, -0.1) is 0 Å². The Morgan fingerprint density at radius 3 is 2.35 bits per heavy atom. The molecular formula is C11H11F5N2O2.